The van der Waals surface area contributed by atoms with Gasteiger partial charge >= 0.3 is 6.03 Å². The largest absolute Gasteiger partial charge is 0.378 e. The van der Waals surface area contributed by atoms with E-state index in [1.54, 1.807) is 6.20 Å². The molecule has 11 heteroatoms. The Morgan fingerprint density at radius 3 is 2.64 bits per heavy atom. The van der Waals surface area contributed by atoms with Crippen LogP contribution in [0.2, 0.25) is 0 Å². The van der Waals surface area contributed by atoms with E-state index in [-0.39, 0.29) is 18.5 Å². The number of likely N-dealkylation sites (N-methyl/N-ethyl adjacent to an activating group) is 1. The van der Waals surface area contributed by atoms with E-state index in [2.05, 4.69) is 32.5 Å². The molecule has 0 bridgehead atoms. The van der Waals surface area contributed by atoms with Gasteiger partial charge in [0.2, 0.25) is 5.91 Å². The smallest absolute Gasteiger partial charge is 0.331 e. The number of amides is 3. The molecule has 3 amide bonds. The number of anilines is 2. The van der Waals surface area contributed by atoms with Crippen molar-refractivity contribution in [1.29, 1.82) is 0 Å². The monoisotopic (exact) mass is 559 g/mol. The second-order valence-electron chi connectivity index (χ2n) is 11.6. The van der Waals surface area contributed by atoms with Crippen LogP contribution in [0.3, 0.4) is 0 Å². The predicted molar refractivity (Wildman–Crippen MR) is 156 cm³/mol. The van der Waals surface area contributed by atoms with E-state index < -0.39 is 0 Å². The molecule has 1 aliphatic heterocycles. The van der Waals surface area contributed by atoms with Crippen molar-refractivity contribution < 1.29 is 9.59 Å². The van der Waals surface area contributed by atoms with E-state index in [0.29, 0.717) is 35.6 Å². The highest BCUT2D eigenvalue weighted by Gasteiger charge is 2.43. The number of aryl methyl sites for hydroxylation is 1. The number of hydrogen-bond donors (Lipinski definition) is 1. The van der Waals surface area contributed by atoms with Gasteiger partial charge in [0.15, 0.2) is 5.65 Å². The maximum Gasteiger partial charge on any atom is 0.331 e. The van der Waals surface area contributed by atoms with Gasteiger partial charge in [-0.15, -0.1) is 0 Å². The fourth-order valence-corrected chi connectivity index (χ4v) is 5.83. The van der Waals surface area contributed by atoms with Crippen molar-refractivity contribution in [3.05, 3.63) is 83.6 Å². The van der Waals surface area contributed by atoms with Gasteiger partial charge in [-0.1, -0.05) is 0 Å². The first-order valence-corrected chi connectivity index (χ1v) is 14.3. The molecule has 3 fully saturated rings. The summed E-state index contributed by atoms with van der Waals surface area (Å²) >= 11 is 0. The topological polar surface area (TPSA) is 122 Å². The van der Waals surface area contributed by atoms with Crippen molar-refractivity contribution in [2.24, 2.45) is 0 Å². The van der Waals surface area contributed by atoms with Gasteiger partial charge in [-0.05, 0) is 68.0 Å². The zero-order valence-corrected chi connectivity index (χ0v) is 23.4. The summed E-state index contributed by atoms with van der Waals surface area (Å²) in [4.78, 5) is 51.3. The molecule has 2 aliphatic carbocycles. The van der Waals surface area contributed by atoms with Gasteiger partial charge in [-0.3, -0.25) is 24.6 Å². The highest BCUT2D eigenvalue weighted by molar-refractivity contribution is 6.13. The van der Waals surface area contributed by atoms with Gasteiger partial charge in [0.05, 0.1) is 40.8 Å². The first kappa shape index (κ1) is 24.8. The lowest BCUT2D eigenvalue weighted by Gasteiger charge is -2.17. The zero-order chi connectivity index (χ0) is 28.5. The number of urea groups is 1. The minimum atomic E-state index is -0.324. The number of pyridine rings is 3. The normalized spacial score (nSPS) is 20.2. The molecular weight excluding hydrogens is 530 g/mol. The molecule has 1 N–H and O–H groups in total. The molecule has 0 aromatic carbocycles. The summed E-state index contributed by atoms with van der Waals surface area (Å²) in [7, 11) is 1.52. The number of imide groups is 1. The molecule has 42 heavy (non-hydrogen) atoms. The molecular formula is C31H29N9O2. The predicted octanol–water partition coefficient (Wildman–Crippen LogP) is 4.53. The molecule has 2 saturated carbocycles. The van der Waals surface area contributed by atoms with Crippen LogP contribution in [0.1, 0.15) is 65.5 Å². The Kier molecular flexibility index (Phi) is 5.50. The van der Waals surface area contributed by atoms with E-state index in [0.717, 1.165) is 69.4 Å². The summed E-state index contributed by atoms with van der Waals surface area (Å²) < 4.78 is 1.98. The van der Waals surface area contributed by atoms with Crippen molar-refractivity contribution in [3.63, 3.8) is 0 Å². The Bertz CT molecular complexity index is 1910. The van der Waals surface area contributed by atoms with Crippen molar-refractivity contribution in [2.75, 3.05) is 23.8 Å². The van der Waals surface area contributed by atoms with E-state index in [1.807, 2.05) is 48.0 Å². The maximum absolute atomic E-state index is 12.8. The molecule has 0 spiro atoms. The third-order valence-electron chi connectivity index (χ3n) is 8.48. The van der Waals surface area contributed by atoms with Crippen LogP contribution in [-0.2, 0) is 11.3 Å². The van der Waals surface area contributed by atoms with Crippen molar-refractivity contribution in [2.45, 2.75) is 50.5 Å². The Morgan fingerprint density at radius 2 is 1.86 bits per heavy atom. The Hall–Kier alpha value is -4.93. The van der Waals surface area contributed by atoms with Crippen LogP contribution in [0.25, 0.3) is 16.7 Å². The first-order chi connectivity index (χ1) is 20.4. The van der Waals surface area contributed by atoms with Gasteiger partial charge in [0.1, 0.15) is 12.4 Å². The molecule has 5 aromatic rings. The van der Waals surface area contributed by atoms with Crippen LogP contribution < -0.4 is 10.2 Å². The minimum Gasteiger partial charge on any atom is -0.378 e. The fourth-order valence-electron chi connectivity index (χ4n) is 5.83. The number of carbonyl (C=O) groups excluding carboxylic acids is 2. The van der Waals surface area contributed by atoms with Crippen LogP contribution in [0.4, 0.5) is 16.2 Å². The lowest BCUT2D eigenvalue weighted by Crippen LogP contribution is -2.30. The van der Waals surface area contributed by atoms with Gasteiger partial charge < -0.3 is 9.72 Å². The van der Waals surface area contributed by atoms with Gasteiger partial charge in [0.25, 0.3) is 0 Å². The number of imidazole rings is 1. The highest BCUT2D eigenvalue weighted by Crippen LogP contribution is 2.53. The summed E-state index contributed by atoms with van der Waals surface area (Å²) in [5.74, 6) is 1.78. The van der Waals surface area contributed by atoms with Crippen molar-refractivity contribution in [1.82, 2.24) is 34.2 Å². The summed E-state index contributed by atoms with van der Waals surface area (Å²) in [5, 5.41) is 3.44. The average molecular weight is 560 g/mol. The SMILES string of the molecule is Cc1ccnc([C@H]2C[C@@H]2c2ccc3ncc(NCc4cn5cc(C6CC6)cc(N6CC(=O)N(C)C6=O)c5n4)cc3n2)n1. The quantitative estimate of drug-likeness (QED) is 0.289. The van der Waals surface area contributed by atoms with Gasteiger partial charge in [-0.2, -0.15) is 0 Å². The number of hydrogen-bond acceptors (Lipinski definition) is 8. The van der Waals surface area contributed by atoms with Crippen LogP contribution in [0, 0.1) is 6.92 Å². The number of nitrogens with one attached hydrogen (secondary N) is 1. The standard InChI is InChI=1S/C31H29N9O2/c1-17-7-8-32-29(35-17)23-11-22(23)24-5-6-25-26(37-24)10-20(12-34-25)33-13-21-15-39-14-19(18-3-4-18)9-27(30(39)36-21)40-16-28(41)38(2)31(40)42/h5-10,12,14-15,18,22-23,33H,3-4,11,13,16H2,1-2H3/t22-,23-/m0/s1. The number of carbonyl (C=O) groups is 2. The van der Waals surface area contributed by atoms with Crippen molar-refractivity contribution >= 4 is 40.0 Å². The van der Waals surface area contributed by atoms with E-state index in [1.165, 1.54) is 11.9 Å². The molecule has 0 unspecified atom stereocenters. The van der Waals surface area contributed by atoms with E-state index >= 15 is 0 Å². The van der Waals surface area contributed by atoms with Gasteiger partial charge in [0, 0.05) is 48.9 Å². The summed E-state index contributed by atoms with van der Waals surface area (Å²) in [6.45, 7) is 2.48. The van der Waals surface area contributed by atoms with E-state index in [4.69, 9.17) is 9.97 Å². The molecule has 5 aromatic heterocycles. The second-order valence-corrected chi connectivity index (χ2v) is 11.6. The molecule has 11 nitrogen and oxygen atoms in total. The Labute approximate surface area is 241 Å². The van der Waals surface area contributed by atoms with E-state index in [9.17, 15) is 9.59 Å². The average Bonchev–Trinajstić information content (AvgIpc) is 3.92. The Morgan fingerprint density at radius 1 is 0.976 bits per heavy atom. The molecule has 3 aliphatic rings. The lowest BCUT2D eigenvalue weighted by molar-refractivity contribution is -0.123. The van der Waals surface area contributed by atoms with Crippen LogP contribution in [0.5, 0.6) is 0 Å². The number of nitrogens with zero attached hydrogens (tertiary/aromatic N) is 8. The third-order valence-corrected chi connectivity index (χ3v) is 8.48. The minimum absolute atomic E-state index is 0.0247. The van der Waals surface area contributed by atoms with Gasteiger partial charge in [-0.25, -0.2) is 19.7 Å². The lowest BCUT2D eigenvalue weighted by atomic mass is 10.1. The maximum atomic E-state index is 12.8. The third kappa shape index (κ3) is 4.32. The second kappa shape index (κ2) is 9.30. The molecule has 2 atom stereocenters. The number of fused-ring (bicyclic) bond motifs is 2. The molecule has 1 saturated heterocycles. The fraction of sp³-hybridized carbons (Fsp3) is 0.323. The van der Waals surface area contributed by atoms with Crippen LogP contribution in [-0.4, -0.2) is 59.8 Å². The molecule has 8 rings (SSSR count). The highest BCUT2D eigenvalue weighted by atomic mass is 16.2. The number of aromatic nitrogens is 6. The Balaban J connectivity index is 1.04. The molecule has 210 valence electrons. The molecule has 0 radical (unpaired) electrons. The summed E-state index contributed by atoms with van der Waals surface area (Å²) in [6, 6.07) is 9.72. The van der Waals surface area contributed by atoms with Crippen molar-refractivity contribution in [3.8, 4) is 0 Å². The summed E-state index contributed by atoms with van der Waals surface area (Å²) in [5.41, 5.74) is 7.85. The summed E-state index contributed by atoms with van der Waals surface area (Å²) in [6.07, 6.45) is 11.0. The van der Waals surface area contributed by atoms with Crippen LogP contribution >= 0.6 is 0 Å². The number of rotatable bonds is 7. The first-order valence-electron chi connectivity index (χ1n) is 14.3. The molecule has 6 heterocycles. The van der Waals surface area contributed by atoms with Crippen LogP contribution in [0.15, 0.2) is 55.1 Å². The zero-order valence-electron chi connectivity index (χ0n) is 23.4.